The summed E-state index contributed by atoms with van der Waals surface area (Å²) < 4.78 is 5.40. The lowest BCUT2D eigenvalue weighted by molar-refractivity contribution is 0.122. The summed E-state index contributed by atoms with van der Waals surface area (Å²) in [5.74, 6) is 2.33. The van der Waals surface area contributed by atoms with Crippen molar-refractivity contribution < 1.29 is 4.74 Å². The molecule has 138 valence electrons. The van der Waals surface area contributed by atoms with Gasteiger partial charge >= 0.3 is 0 Å². The van der Waals surface area contributed by atoms with E-state index < -0.39 is 0 Å². The first kappa shape index (κ1) is 17.2. The van der Waals surface area contributed by atoms with Gasteiger partial charge < -0.3 is 19.9 Å². The van der Waals surface area contributed by atoms with Crippen LogP contribution in [0.4, 0.5) is 17.7 Å². The highest BCUT2D eigenvalue weighted by atomic mass is 35.5. The Labute approximate surface area is 157 Å². The Hall–Kier alpha value is -2.19. The van der Waals surface area contributed by atoms with E-state index in [2.05, 4.69) is 35.1 Å². The van der Waals surface area contributed by atoms with E-state index in [-0.39, 0.29) is 6.04 Å². The van der Waals surface area contributed by atoms with Crippen LogP contribution in [0, 0.1) is 0 Å². The Balaban J connectivity index is 1.41. The largest absolute Gasteiger partial charge is 0.378 e. The van der Waals surface area contributed by atoms with Gasteiger partial charge in [-0.05, 0) is 18.9 Å². The third-order valence-corrected chi connectivity index (χ3v) is 4.79. The van der Waals surface area contributed by atoms with Crippen LogP contribution >= 0.6 is 11.6 Å². The van der Waals surface area contributed by atoms with Crippen molar-refractivity contribution >= 4 is 29.3 Å². The SMILES string of the molecule is Clc1cnc(N2CCCC(Nc3ccnc(N4CCOCC4)n3)C2)nc1. The van der Waals surface area contributed by atoms with E-state index in [4.69, 9.17) is 16.3 Å². The molecule has 0 aliphatic carbocycles. The van der Waals surface area contributed by atoms with Crippen LogP contribution in [0.25, 0.3) is 0 Å². The summed E-state index contributed by atoms with van der Waals surface area (Å²) in [5, 5.41) is 4.09. The number of ether oxygens (including phenoxy) is 1. The molecule has 9 heteroatoms. The Kier molecular flexibility index (Phi) is 5.31. The third kappa shape index (κ3) is 4.13. The van der Waals surface area contributed by atoms with Gasteiger partial charge in [-0.25, -0.2) is 15.0 Å². The zero-order valence-electron chi connectivity index (χ0n) is 14.5. The maximum Gasteiger partial charge on any atom is 0.227 e. The minimum atomic E-state index is 0.287. The zero-order valence-corrected chi connectivity index (χ0v) is 15.3. The Morgan fingerprint density at radius 2 is 1.85 bits per heavy atom. The molecule has 2 aromatic rings. The lowest BCUT2D eigenvalue weighted by atomic mass is 10.1. The molecule has 2 saturated heterocycles. The second-order valence-corrected chi connectivity index (χ2v) is 6.91. The number of morpholine rings is 1. The van der Waals surface area contributed by atoms with Gasteiger partial charge in [0.2, 0.25) is 11.9 Å². The fourth-order valence-corrected chi connectivity index (χ4v) is 3.40. The van der Waals surface area contributed by atoms with Gasteiger partial charge in [-0.2, -0.15) is 4.98 Å². The summed E-state index contributed by atoms with van der Waals surface area (Å²) >= 11 is 5.88. The predicted octanol–water partition coefficient (Wildman–Crippen LogP) is 1.84. The van der Waals surface area contributed by atoms with E-state index in [0.29, 0.717) is 5.02 Å². The number of halogens is 1. The lowest BCUT2D eigenvalue weighted by Gasteiger charge is -2.33. The van der Waals surface area contributed by atoms with Crippen molar-refractivity contribution in [2.75, 3.05) is 54.5 Å². The van der Waals surface area contributed by atoms with Gasteiger partial charge in [0.1, 0.15) is 5.82 Å². The molecule has 0 aromatic carbocycles. The monoisotopic (exact) mass is 375 g/mol. The van der Waals surface area contributed by atoms with Crippen LogP contribution in [0.3, 0.4) is 0 Å². The lowest BCUT2D eigenvalue weighted by Crippen LogP contribution is -2.43. The van der Waals surface area contributed by atoms with E-state index in [1.54, 1.807) is 12.4 Å². The first-order chi connectivity index (χ1) is 12.8. The smallest absolute Gasteiger partial charge is 0.227 e. The molecule has 2 fully saturated rings. The van der Waals surface area contributed by atoms with Gasteiger partial charge in [-0.15, -0.1) is 0 Å². The second-order valence-electron chi connectivity index (χ2n) is 6.47. The van der Waals surface area contributed by atoms with Crippen molar-refractivity contribution in [1.82, 2.24) is 19.9 Å². The number of piperidine rings is 1. The predicted molar refractivity (Wildman–Crippen MR) is 101 cm³/mol. The van der Waals surface area contributed by atoms with Gasteiger partial charge in [0, 0.05) is 38.4 Å². The van der Waals surface area contributed by atoms with Gasteiger partial charge in [0.05, 0.1) is 30.6 Å². The van der Waals surface area contributed by atoms with E-state index in [9.17, 15) is 0 Å². The minimum Gasteiger partial charge on any atom is -0.378 e. The van der Waals surface area contributed by atoms with Crippen molar-refractivity contribution in [2.45, 2.75) is 18.9 Å². The van der Waals surface area contributed by atoms with Crippen LogP contribution in [0.1, 0.15) is 12.8 Å². The highest BCUT2D eigenvalue weighted by molar-refractivity contribution is 6.30. The number of nitrogens with one attached hydrogen (secondary N) is 1. The van der Waals surface area contributed by atoms with Gasteiger partial charge in [0.25, 0.3) is 0 Å². The molecule has 2 aliphatic rings. The van der Waals surface area contributed by atoms with Crippen molar-refractivity contribution in [3.05, 3.63) is 29.7 Å². The van der Waals surface area contributed by atoms with E-state index >= 15 is 0 Å². The Morgan fingerprint density at radius 3 is 2.65 bits per heavy atom. The normalized spacial score (nSPS) is 20.9. The average Bonchev–Trinajstić information content (AvgIpc) is 2.70. The first-order valence-corrected chi connectivity index (χ1v) is 9.30. The summed E-state index contributed by atoms with van der Waals surface area (Å²) in [7, 11) is 0. The van der Waals surface area contributed by atoms with E-state index in [1.165, 1.54) is 0 Å². The molecule has 26 heavy (non-hydrogen) atoms. The average molecular weight is 376 g/mol. The zero-order chi connectivity index (χ0) is 17.8. The molecule has 0 saturated carbocycles. The number of nitrogens with zero attached hydrogens (tertiary/aromatic N) is 6. The number of rotatable bonds is 4. The quantitative estimate of drug-likeness (QED) is 0.867. The molecular formula is C17H22ClN7O. The molecular weight excluding hydrogens is 354 g/mol. The van der Waals surface area contributed by atoms with E-state index in [1.807, 2.05) is 12.3 Å². The number of aromatic nitrogens is 4. The molecule has 4 rings (SSSR count). The van der Waals surface area contributed by atoms with Crippen LogP contribution in [-0.2, 0) is 4.74 Å². The number of hydrogen-bond donors (Lipinski definition) is 1. The minimum absolute atomic E-state index is 0.287. The molecule has 0 bridgehead atoms. The summed E-state index contributed by atoms with van der Waals surface area (Å²) in [6.07, 6.45) is 7.25. The highest BCUT2D eigenvalue weighted by Crippen LogP contribution is 2.20. The van der Waals surface area contributed by atoms with Gasteiger partial charge in [-0.3, -0.25) is 0 Å². The van der Waals surface area contributed by atoms with Crippen LogP contribution in [0.15, 0.2) is 24.7 Å². The first-order valence-electron chi connectivity index (χ1n) is 8.93. The maximum atomic E-state index is 5.88. The van der Waals surface area contributed by atoms with Crippen LogP contribution in [-0.4, -0.2) is 65.4 Å². The van der Waals surface area contributed by atoms with Gasteiger partial charge in [0.15, 0.2) is 0 Å². The standard InChI is InChI=1S/C17H22ClN7O/c18-13-10-20-16(21-11-13)25-5-1-2-14(12-25)22-15-3-4-19-17(23-15)24-6-8-26-9-7-24/h3-4,10-11,14H,1-2,5-9,12H2,(H,19,22,23). The summed E-state index contributed by atoms with van der Waals surface area (Å²) in [5.41, 5.74) is 0. The van der Waals surface area contributed by atoms with Crippen LogP contribution in [0.2, 0.25) is 5.02 Å². The third-order valence-electron chi connectivity index (χ3n) is 4.60. The Morgan fingerprint density at radius 1 is 1.04 bits per heavy atom. The fourth-order valence-electron chi connectivity index (χ4n) is 3.30. The molecule has 1 atom stereocenters. The molecule has 2 aromatic heterocycles. The molecule has 1 N–H and O–H groups in total. The van der Waals surface area contributed by atoms with Crippen molar-refractivity contribution in [3.63, 3.8) is 0 Å². The highest BCUT2D eigenvalue weighted by Gasteiger charge is 2.22. The van der Waals surface area contributed by atoms with Crippen molar-refractivity contribution in [3.8, 4) is 0 Å². The molecule has 1 unspecified atom stereocenters. The molecule has 0 radical (unpaired) electrons. The molecule has 0 spiro atoms. The topological polar surface area (TPSA) is 79.3 Å². The Bertz CT molecular complexity index is 723. The maximum absolute atomic E-state index is 5.88. The molecule has 0 amide bonds. The van der Waals surface area contributed by atoms with Crippen molar-refractivity contribution in [1.29, 1.82) is 0 Å². The summed E-state index contributed by atoms with van der Waals surface area (Å²) in [6.45, 7) is 4.88. The van der Waals surface area contributed by atoms with Crippen molar-refractivity contribution in [2.24, 2.45) is 0 Å². The van der Waals surface area contributed by atoms with Crippen LogP contribution < -0.4 is 15.1 Å². The van der Waals surface area contributed by atoms with Gasteiger partial charge in [-0.1, -0.05) is 11.6 Å². The summed E-state index contributed by atoms with van der Waals surface area (Å²) in [4.78, 5) is 22.1. The summed E-state index contributed by atoms with van der Waals surface area (Å²) in [6, 6.07) is 2.21. The molecule has 4 heterocycles. The number of anilines is 3. The number of hydrogen-bond acceptors (Lipinski definition) is 8. The fraction of sp³-hybridized carbons (Fsp3) is 0.529. The molecule has 2 aliphatic heterocycles. The van der Waals surface area contributed by atoms with Crippen LogP contribution in [0.5, 0.6) is 0 Å². The van der Waals surface area contributed by atoms with E-state index in [0.717, 1.165) is 69.9 Å². The molecule has 8 nitrogen and oxygen atoms in total. The second kappa shape index (κ2) is 8.01.